The van der Waals surface area contributed by atoms with Crippen LogP contribution in [-0.4, -0.2) is 23.4 Å². The van der Waals surface area contributed by atoms with E-state index in [1.54, 1.807) is 6.92 Å². The molecule has 0 aliphatic carbocycles. The number of thioether (sulfide) groups is 1. The molecule has 0 saturated carbocycles. The molecule has 5 heteroatoms. The first kappa shape index (κ1) is 20.3. The summed E-state index contributed by atoms with van der Waals surface area (Å²) in [4.78, 5) is 25.6. The highest BCUT2D eigenvalue weighted by Crippen LogP contribution is 2.39. The maximum Gasteiger partial charge on any atom is 0.336 e. The molecule has 1 N–H and O–H groups in total. The smallest absolute Gasteiger partial charge is 0.336 e. The van der Waals surface area contributed by atoms with Crippen LogP contribution >= 0.6 is 11.8 Å². The number of allylic oxidation sites excluding steroid dienone is 1. The van der Waals surface area contributed by atoms with E-state index < -0.39 is 0 Å². The van der Waals surface area contributed by atoms with Gasteiger partial charge in [-0.3, -0.25) is 4.79 Å². The number of carbonyl (C=O) groups is 2. The van der Waals surface area contributed by atoms with Crippen LogP contribution in [0.5, 0.6) is 0 Å². The monoisotopic (exact) mass is 373 g/mol. The predicted octanol–water partition coefficient (Wildman–Crippen LogP) is 4.53. The quantitative estimate of drug-likeness (QED) is 0.712. The van der Waals surface area contributed by atoms with E-state index in [2.05, 4.69) is 5.32 Å². The molecule has 1 aromatic rings. The number of hydrogen-bond donors (Lipinski definition) is 1. The third-order valence-electron chi connectivity index (χ3n) is 4.38. The molecule has 0 radical (unpaired) electrons. The zero-order valence-electron chi connectivity index (χ0n) is 15.9. The van der Waals surface area contributed by atoms with E-state index in [-0.39, 0.29) is 17.0 Å². The predicted molar refractivity (Wildman–Crippen MR) is 107 cm³/mol. The van der Waals surface area contributed by atoms with Crippen molar-refractivity contribution in [3.8, 4) is 0 Å². The van der Waals surface area contributed by atoms with Crippen molar-refractivity contribution < 1.29 is 14.3 Å². The molecule has 0 unspecified atom stereocenters. The standard InChI is InChI=1S/C21H27NO3S/c1-5-15-17(21(24)26-8-4)16(6-2)22-19(14-12-10-9-11-13-14)18(15)20(23)25-7-3/h9-13,15,22H,5-8H2,1-4H3/t15-/m0/s1. The van der Waals surface area contributed by atoms with Crippen molar-refractivity contribution in [3.05, 3.63) is 52.7 Å². The van der Waals surface area contributed by atoms with Crippen LogP contribution < -0.4 is 5.32 Å². The Morgan fingerprint density at radius 1 is 1.08 bits per heavy atom. The Morgan fingerprint density at radius 3 is 2.31 bits per heavy atom. The second kappa shape index (κ2) is 9.62. The number of carbonyl (C=O) groups excluding carboxylic acids is 2. The number of rotatable bonds is 7. The summed E-state index contributed by atoms with van der Waals surface area (Å²) in [7, 11) is 0. The van der Waals surface area contributed by atoms with Crippen LogP contribution in [-0.2, 0) is 14.3 Å². The van der Waals surface area contributed by atoms with Crippen molar-refractivity contribution in [1.82, 2.24) is 5.32 Å². The fourth-order valence-electron chi connectivity index (χ4n) is 3.26. The van der Waals surface area contributed by atoms with Crippen LogP contribution in [0.15, 0.2) is 47.2 Å². The maximum absolute atomic E-state index is 12.8. The lowest BCUT2D eigenvalue weighted by molar-refractivity contribution is -0.139. The second-order valence-electron chi connectivity index (χ2n) is 5.93. The Labute approximate surface area is 160 Å². The van der Waals surface area contributed by atoms with Crippen LogP contribution in [0.2, 0.25) is 0 Å². The van der Waals surface area contributed by atoms with Gasteiger partial charge >= 0.3 is 5.97 Å². The summed E-state index contributed by atoms with van der Waals surface area (Å²) in [5.74, 6) is 0.0967. The van der Waals surface area contributed by atoms with Gasteiger partial charge in [0.2, 0.25) is 5.12 Å². The zero-order valence-corrected chi connectivity index (χ0v) is 16.7. The zero-order chi connectivity index (χ0) is 19.1. The van der Waals surface area contributed by atoms with Gasteiger partial charge in [-0.1, -0.05) is 62.9 Å². The normalized spacial score (nSPS) is 17.2. The minimum atomic E-state index is -0.354. The number of esters is 1. The highest BCUT2D eigenvalue weighted by atomic mass is 32.2. The van der Waals surface area contributed by atoms with Gasteiger partial charge in [0.05, 0.1) is 17.9 Å². The molecule has 0 amide bonds. The lowest BCUT2D eigenvalue weighted by Gasteiger charge is -2.32. The van der Waals surface area contributed by atoms with Crippen molar-refractivity contribution in [1.29, 1.82) is 0 Å². The summed E-state index contributed by atoms with van der Waals surface area (Å²) in [6, 6.07) is 9.76. The van der Waals surface area contributed by atoms with Crippen molar-refractivity contribution in [2.75, 3.05) is 12.4 Å². The minimum absolute atomic E-state index is 0.0395. The van der Waals surface area contributed by atoms with E-state index in [0.29, 0.717) is 36.3 Å². The lowest BCUT2D eigenvalue weighted by atomic mass is 9.82. The molecular weight excluding hydrogens is 346 g/mol. The first-order valence-electron chi connectivity index (χ1n) is 9.22. The van der Waals surface area contributed by atoms with Crippen molar-refractivity contribution in [2.24, 2.45) is 5.92 Å². The van der Waals surface area contributed by atoms with Gasteiger partial charge in [-0.25, -0.2) is 4.79 Å². The van der Waals surface area contributed by atoms with Gasteiger partial charge in [0.25, 0.3) is 0 Å². The third-order valence-corrected chi connectivity index (χ3v) is 5.15. The van der Waals surface area contributed by atoms with E-state index in [4.69, 9.17) is 4.74 Å². The van der Waals surface area contributed by atoms with E-state index >= 15 is 0 Å². The number of dihydropyridines is 1. The fourth-order valence-corrected chi connectivity index (χ4v) is 3.94. The summed E-state index contributed by atoms with van der Waals surface area (Å²) < 4.78 is 5.34. The molecule has 0 saturated heterocycles. The Hall–Kier alpha value is -2.01. The molecule has 1 heterocycles. The van der Waals surface area contributed by atoms with Crippen molar-refractivity contribution in [2.45, 2.75) is 40.5 Å². The summed E-state index contributed by atoms with van der Waals surface area (Å²) in [6.07, 6.45) is 1.37. The average molecular weight is 374 g/mol. The molecule has 1 aliphatic heterocycles. The van der Waals surface area contributed by atoms with Crippen LogP contribution in [0.25, 0.3) is 5.70 Å². The fraction of sp³-hybridized carbons (Fsp3) is 0.429. The number of ether oxygens (including phenoxy) is 1. The van der Waals surface area contributed by atoms with E-state index in [1.807, 2.05) is 51.1 Å². The van der Waals surface area contributed by atoms with E-state index in [0.717, 1.165) is 17.0 Å². The van der Waals surface area contributed by atoms with Gasteiger partial charge in [-0.2, -0.15) is 0 Å². The number of nitrogens with one attached hydrogen (secondary N) is 1. The highest BCUT2D eigenvalue weighted by Gasteiger charge is 2.36. The highest BCUT2D eigenvalue weighted by molar-refractivity contribution is 8.14. The third kappa shape index (κ3) is 4.21. The Kier molecular flexibility index (Phi) is 7.51. The number of benzene rings is 1. The molecular formula is C21H27NO3S. The largest absolute Gasteiger partial charge is 0.463 e. The topological polar surface area (TPSA) is 55.4 Å². The molecule has 0 spiro atoms. The minimum Gasteiger partial charge on any atom is -0.463 e. The van der Waals surface area contributed by atoms with E-state index in [1.165, 1.54) is 11.8 Å². The Bertz CT molecular complexity index is 722. The average Bonchev–Trinajstić information content (AvgIpc) is 2.67. The van der Waals surface area contributed by atoms with Gasteiger partial charge in [0, 0.05) is 17.2 Å². The van der Waals surface area contributed by atoms with Crippen LogP contribution in [0.4, 0.5) is 0 Å². The van der Waals surface area contributed by atoms with Crippen LogP contribution in [0.1, 0.15) is 46.1 Å². The first-order chi connectivity index (χ1) is 12.6. The van der Waals surface area contributed by atoms with Crippen molar-refractivity contribution >= 4 is 28.5 Å². The molecule has 4 nitrogen and oxygen atoms in total. The van der Waals surface area contributed by atoms with Gasteiger partial charge in [-0.05, 0) is 31.1 Å². The molecule has 26 heavy (non-hydrogen) atoms. The number of hydrogen-bond acceptors (Lipinski definition) is 5. The summed E-state index contributed by atoms with van der Waals surface area (Å²) in [6.45, 7) is 8.09. The van der Waals surface area contributed by atoms with E-state index in [9.17, 15) is 9.59 Å². The molecule has 1 aromatic carbocycles. The Balaban J connectivity index is 2.64. The van der Waals surface area contributed by atoms with Gasteiger partial charge in [0.1, 0.15) is 0 Å². The van der Waals surface area contributed by atoms with Crippen LogP contribution in [0, 0.1) is 5.92 Å². The summed E-state index contributed by atoms with van der Waals surface area (Å²) in [5.41, 5.74) is 3.84. The van der Waals surface area contributed by atoms with Crippen LogP contribution in [0.3, 0.4) is 0 Å². The SMILES string of the molecule is CCOC(=O)C1=C(c2ccccc2)NC(CC)=C(C(=O)SCC)[C@@H]1CC. The van der Waals surface area contributed by atoms with Crippen molar-refractivity contribution in [3.63, 3.8) is 0 Å². The second-order valence-corrected chi connectivity index (χ2v) is 7.16. The Morgan fingerprint density at radius 2 is 1.77 bits per heavy atom. The molecule has 140 valence electrons. The molecule has 0 fully saturated rings. The molecule has 0 aromatic heterocycles. The molecule has 2 rings (SSSR count). The maximum atomic E-state index is 12.8. The first-order valence-corrected chi connectivity index (χ1v) is 10.2. The molecule has 1 atom stereocenters. The van der Waals surface area contributed by atoms with Gasteiger partial charge in [0.15, 0.2) is 0 Å². The molecule has 0 bridgehead atoms. The van der Waals surface area contributed by atoms with Gasteiger partial charge in [-0.15, -0.1) is 0 Å². The molecule has 1 aliphatic rings. The summed E-state index contributed by atoms with van der Waals surface area (Å²) >= 11 is 1.29. The van der Waals surface area contributed by atoms with Gasteiger partial charge < -0.3 is 10.1 Å². The summed E-state index contributed by atoms with van der Waals surface area (Å²) in [5, 5.41) is 3.43. The lowest BCUT2D eigenvalue weighted by Crippen LogP contribution is -2.33.